The number of amides is 1. The number of rotatable bonds is 14. The van der Waals surface area contributed by atoms with Crippen LogP contribution in [0.5, 0.6) is 0 Å². The van der Waals surface area contributed by atoms with Crippen LogP contribution in [0.4, 0.5) is 10.5 Å². The van der Waals surface area contributed by atoms with Crippen molar-refractivity contribution in [3.63, 3.8) is 0 Å². The second kappa shape index (κ2) is 15.1. The molecule has 13 heteroatoms. The van der Waals surface area contributed by atoms with Gasteiger partial charge < -0.3 is 19.6 Å². The van der Waals surface area contributed by atoms with E-state index in [-0.39, 0.29) is 36.4 Å². The SMILES string of the molecule is CN(CC(C)(CCN1CCC(N(CCO)C(=O)OCc2ccc([N+](=O)[O-])cc2)CC1)c1ccsc1)S(=O)(=O)c1ccccc1. The molecule has 2 heterocycles. The third kappa shape index (κ3) is 8.42. The Kier molecular flexibility index (Phi) is 11.5. The molecule has 4 rings (SSSR count). The van der Waals surface area contributed by atoms with Crippen LogP contribution in [-0.4, -0.2) is 91.1 Å². The Balaban J connectivity index is 1.33. The number of carbonyl (C=O) groups excluding carboxylic acids is 1. The molecule has 0 aliphatic carbocycles. The molecule has 44 heavy (non-hydrogen) atoms. The highest BCUT2D eigenvalue weighted by Gasteiger charge is 2.35. The van der Waals surface area contributed by atoms with Gasteiger partial charge in [-0.2, -0.15) is 11.3 Å². The number of piperidine rings is 1. The van der Waals surface area contributed by atoms with Crippen LogP contribution in [0.2, 0.25) is 0 Å². The molecule has 0 spiro atoms. The lowest BCUT2D eigenvalue weighted by atomic mass is 9.80. The maximum absolute atomic E-state index is 13.3. The minimum Gasteiger partial charge on any atom is -0.445 e. The van der Waals surface area contributed by atoms with Gasteiger partial charge in [0.1, 0.15) is 6.61 Å². The predicted molar refractivity (Wildman–Crippen MR) is 169 cm³/mol. The van der Waals surface area contributed by atoms with Crippen molar-refractivity contribution in [1.29, 1.82) is 0 Å². The van der Waals surface area contributed by atoms with E-state index < -0.39 is 26.5 Å². The molecule has 11 nitrogen and oxygen atoms in total. The number of carbonyl (C=O) groups is 1. The molecule has 0 bridgehead atoms. The van der Waals surface area contributed by atoms with Gasteiger partial charge in [0.25, 0.3) is 5.69 Å². The van der Waals surface area contributed by atoms with Crippen LogP contribution in [-0.2, 0) is 26.8 Å². The zero-order chi connectivity index (χ0) is 31.7. The molecule has 1 aliphatic rings. The number of hydrogen-bond acceptors (Lipinski definition) is 9. The second-order valence-corrected chi connectivity index (χ2v) is 14.2. The van der Waals surface area contributed by atoms with Gasteiger partial charge in [0, 0.05) is 56.8 Å². The fraction of sp³-hybridized carbons (Fsp3) is 0.452. The van der Waals surface area contributed by atoms with Crippen LogP contribution in [0.1, 0.15) is 37.3 Å². The average molecular weight is 645 g/mol. The molecule has 1 atom stereocenters. The summed E-state index contributed by atoms with van der Waals surface area (Å²) in [6, 6.07) is 16.3. The number of sulfonamides is 1. The molecular weight excluding hydrogens is 604 g/mol. The molecule has 238 valence electrons. The Morgan fingerprint density at radius 3 is 2.41 bits per heavy atom. The Bertz CT molecular complexity index is 1460. The first-order valence-electron chi connectivity index (χ1n) is 14.6. The van der Waals surface area contributed by atoms with E-state index in [4.69, 9.17) is 4.74 Å². The van der Waals surface area contributed by atoms with Crippen molar-refractivity contribution < 1.29 is 28.0 Å². The zero-order valence-corrected chi connectivity index (χ0v) is 26.7. The largest absolute Gasteiger partial charge is 0.445 e. The number of ether oxygens (including phenoxy) is 1. The van der Waals surface area contributed by atoms with Gasteiger partial charge in [-0.3, -0.25) is 10.1 Å². The van der Waals surface area contributed by atoms with Crippen molar-refractivity contribution in [3.8, 4) is 0 Å². The minimum absolute atomic E-state index is 0.0206. The van der Waals surface area contributed by atoms with E-state index in [2.05, 4.69) is 23.3 Å². The van der Waals surface area contributed by atoms with Gasteiger partial charge in [0.15, 0.2) is 0 Å². The maximum Gasteiger partial charge on any atom is 0.410 e. The molecule has 0 radical (unpaired) electrons. The number of likely N-dealkylation sites (N-methyl/N-ethyl adjacent to an activating group) is 1. The summed E-state index contributed by atoms with van der Waals surface area (Å²) < 4.78 is 33.5. The van der Waals surface area contributed by atoms with Crippen molar-refractivity contribution >= 4 is 33.1 Å². The lowest BCUT2D eigenvalue weighted by Gasteiger charge is -2.40. The first kappa shape index (κ1) is 33.5. The van der Waals surface area contributed by atoms with E-state index in [0.29, 0.717) is 24.9 Å². The van der Waals surface area contributed by atoms with E-state index in [1.165, 1.54) is 16.4 Å². The van der Waals surface area contributed by atoms with Gasteiger partial charge in [-0.05, 0) is 78.0 Å². The second-order valence-electron chi connectivity index (χ2n) is 11.4. The maximum atomic E-state index is 13.3. The summed E-state index contributed by atoms with van der Waals surface area (Å²) in [6.45, 7) is 4.66. The van der Waals surface area contributed by atoms with Gasteiger partial charge in [-0.25, -0.2) is 17.5 Å². The van der Waals surface area contributed by atoms with Gasteiger partial charge >= 0.3 is 6.09 Å². The van der Waals surface area contributed by atoms with Crippen molar-refractivity contribution in [1.82, 2.24) is 14.1 Å². The van der Waals surface area contributed by atoms with Crippen molar-refractivity contribution in [2.24, 2.45) is 0 Å². The number of thiophene rings is 1. The Hall–Kier alpha value is -3.36. The molecule has 3 aromatic rings. The van der Waals surface area contributed by atoms with Gasteiger partial charge in [0.2, 0.25) is 10.0 Å². The lowest BCUT2D eigenvalue weighted by molar-refractivity contribution is -0.384. The van der Waals surface area contributed by atoms with Crippen molar-refractivity contribution in [2.75, 3.05) is 46.4 Å². The van der Waals surface area contributed by atoms with E-state index in [9.17, 15) is 28.4 Å². The predicted octanol–water partition coefficient (Wildman–Crippen LogP) is 4.72. The summed E-state index contributed by atoms with van der Waals surface area (Å²) in [7, 11) is -2.00. The molecule has 1 N–H and O–H groups in total. The van der Waals surface area contributed by atoms with Crippen molar-refractivity contribution in [2.45, 2.75) is 49.1 Å². The normalized spacial score (nSPS) is 16.0. The zero-order valence-electron chi connectivity index (χ0n) is 25.1. The standard InChI is InChI=1S/C31H40N4O7S2/c1-31(26-14-21-43-23-26,24-32(2)44(40,41)29-6-4-3-5-7-29)15-18-33-16-12-27(13-17-33)34(19-20-36)30(37)42-22-25-8-10-28(11-9-25)35(38)39/h3-11,14,21,23,27,36H,12-13,15-20,22,24H2,1-2H3. The Morgan fingerprint density at radius 1 is 1.14 bits per heavy atom. The quantitative estimate of drug-likeness (QED) is 0.197. The summed E-state index contributed by atoms with van der Waals surface area (Å²) in [6.07, 6.45) is 1.65. The van der Waals surface area contributed by atoms with Crippen LogP contribution in [0, 0.1) is 10.1 Å². The number of nitro benzene ring substituents is 1. The topological polar surface area (TPSA) is 134 Å². The molecule has 1 fully saturated rings. The lowest BCUT2D eigenvalue weighted by Crippen LogP contribution is -2.49. The molecule has 2 aromatic carbocycles. The van der Waals surface area contributed by atoms with Crippen LogP contribution in [0.3, 0.4) is 0 Å². The number of non-ortho nitro benzene ring substituents is 1. The van der Waals surface area contributed by atoms with E-state index in [0.717, 1.165) is 31.6 Å². The summed E-state index contributed by atoms with van der Waals surface area (Å²) in [5.41, 5.74) is 1.31. The molecule has 1 amide bonds. The van der Waals surface area contributed by atoms with Crippen molar-refractivity contribution in [3.05, 3.63) is 92.7 Å². The number of aliphatic hydroxyl groups excluding tert-OH is 1. The molecule has 0 saturated carbocycles. The first-order chi connectivity index (χ1) is 21.0. The van der Waals surface area contributed by atoms with Crippen LogP contribution in [0.15, 0.2) is 76.3 Å². The fourth-order valence-electron chi connectivity index (χ4n) is 5.60. The highest BCUT2D eigenvalue weighted by molar-refractivity contribution is 7.89. The Morgan fingerprint density at radius 2 is 1.82 bits per heavy atom. The molecule has 1 aliphatic heterocycles. The molecule has 1 unspecified atom stereocenters. The smallest absolute Gasteiger partial charge is 0.410 e. The summed E-state index contributed by atoms with van der Waals surface area (Å²) in [5, 5.41) is 24.6. The Labute approximate surface area is 262 Å². The third-order valence-corrected chi connectivity index (χ3v) is 10.8. The average Bonchev–Trinajstić information content (AvgIpc) is 3.59. The number of hydrogen-bond donors (Lipinski definition) is 1. The van der Waals surface area contributed by atoms with E-state index in [1.807, 2.05) is 5.38 Å². The molecular formula is C31H40N4O7S2. The number of aliphatic hydroxyl groups is 1. The highest BCUT2D eigenvalue weighted by atomic mass is 32.2. The van der Waals surface area contributed by atoms with E-state index >= 15 is 0 Å². The number of nitrogens with zero attached hydrogens (tertiary/aromatic N) is 4. The number of likely N-dealkylation sites (tertiary alicyclic amines) is 1. The monoisotopic (exact) mass is 644 g/mol. The minimum atomic E-state index is -3.64. The fourth-order valence-corrected chi connectivity index (χ4v) is 7.73. The third-order valence-electron chi connectivity index (χ3n) is 8.30. The number of nitro groups is 1. The van der Waals surface area contributed by atoms with Crippen LogP contribution < -0.4 is 0 Å². The van der Waals surface area contributed by atoms with Gasteiger partial charge in [0.05, 0.1) is 16.4 Å². The van der Waals surface area contributed by atoms with E-state index in [1.54, 1.807) is 65.7 Å². The molecule has 1 saturated heterocycles. The first-order valence-corrected chi connectivity index (χ1v) is 17.0. The summed E-state index contributed by atoms with van der Waals surface area (Å²) >= 11 is 1.60. The van der Waals surface area contributed by atoms with Gasteiger partial charge in [-0.15, -0.1) is 0 Å². The highest BCUT2D eigenvalue weighted by Crippen LogP contribution is 2.33. The van der Waals surface area contributed by atoms with Gasteiger partial charge in [-0.1, -0.05) is 25.1 Å². The summed E-state index contributed by atoms with van der Waals surface area (Å²) in [5.74, 6) is 0. The number of benzene rings is 2. The molecule has 1 aromatic heterocycles. The van der Waals surface area contributed by atoms with Crippen LogP contribution in [0.25, 0.3) is 0 Å². The summed E-state index contributed by atoms with van der Waals surface area (Å²) in [4.78, 5) is 27.5. The van der Waals surface area contributed by atoms with Crippen LogP contribution >= 0.6 is 11.3 Å².